The van der Waals surface area contributed by atoms with Crippen LogP contribution >= 0.6 is 0 Å². The van der Waals surface area contributed by atoms with Gasteiger partial charge in [-0.3, -0.25) is 0 Å². The SMILES string of the molecule is C=C(C)C(=O)OCCOCCOCCOc1c2c(c(OCCOCCOCCOC(=O)C(=C)C)c3ccccc13)CCCC2. The highest BCUT2D eigenvalue weighted by atomic mass is 16.6. The molecular formula is C34H46O10. The second-order valence-corrected chi connectivity index (χ2v) is 10.3. The van der Waals surface area contributed by atoms with E-state index in [1.165, 1.54) is 11.1 Å². The molecule has 10 heteroatoms. The molecule has 0 N–H and O–H groups in total. The molecule has 0 atom stereocenters. The molecule has 44 heavy (non-hydrogen) atoms. The van der Waals surface area contributed by atoms with Crippen molar-refractivity contribution < 1.29 is 47.5 Å². The third-order valence-corrected chi connectivity index (χ3v) is 6.74. The van der Waals surface area contributed by atoms with Crippen molar-refractivity contribution >= 4 is 22.7 Å². The van der Waals surface area contributed by atoms with Gasteiger partial charge in [0.1, 0.15) is 37.9 Å². The van der Waals surface area contributed by atoms with Gasteiger partial charge in [0.2, 0.25) is 0 Å². The van der Waals surface area contributed by atoms with Gasteiger partial charge in [-0.1, -0.05) is 37.4 Å². The van der Waals surface area contributed by atoms with Crippen molar-refractivity contribution in [2.45, 2.75) is 39.5 Å². The van der Waals surface area contributed by atoms with Gasteiger partial charge < -0.3 is 37.9 Å². The Kier molecular flexibility index (Phi) is 15.7. The first-order valence-electron chi connectivity index (χ1n) is 15.2. The first-order valence-corrected chi connectivity index (χ1v) is 15.2. The van der Waals surface area contributed by atoms with Crippen molar-refractivity contribution in [3.05, 3.63) is 59.7 Å². The average molecular weight is 615 g/mol. The van der Waals surface area contributed by atoms with Crippen LogP contribution in [-0.2, 0) is 50.9 Å². The molecule has 0 aromatic heterocycles. The largest absolute Gasteiger partial charge is 0.490 e. The van der Waals surface area contributed by atoms with Crippen LogP contribution in [-0.4, -0.2) is 91.2 Å². The standard InChI is InChI=1S/C34H46O10/c1-25(2)33(35)43-23-19-39-15-13-37-17-21-41-31-27-9-5-7-11-29(27)32(30-12-8-6-10-28(30)31)42-22-18-38-14-16-40-20-24-44-34(36)26(3)4/h5,7,9,11H,1,3,6,8,10,12-24H2,2,4H3. The van der Waals surface area contributed by atoms with E-state index in [1.807, 2.05) is 12.1 Å². The number of rotatable bonds is 22. The maximum absolute atomic E-state index is 11.4. The molecule has 2 aromatic carbocycles. The fourth-order valence-electron chi connectivity index (χ4n) is 4.62. The fourth-order valence-corrected chi connectivity index (χ4v) is 4.62. The van der Waals surface area contributed by atoms with Crippen molar-refractivity contribution in [2.75, 3.05) is 79.3 Å². The zero-order chi connectivity index (χ0) is 31.6. The zero-order valence-electron chi connectivity index (χ0n) is 26.1. The molecule has 2 aromatic rings. The number of ether oxygens (including phenoxy) is 8. The Morgan fingerprint density at radius 2 is 0.909 bits per heavy atom. The minimum Gasteiger partial charge on any atom is -0.490 e. The van der Waals surface area contributed by atoms with E-state index < -0.39 is 11.9 Å². The minimum absolute atomic E-state index is 0.187. The van der Waals surface area contributed by atoms with Gasteiger partial charge in [-0.25, -0.2) is 9.59 Å². The number of fused-ring (bicyclic) bond motifs is 2. The Morgan fingerprint density at radius 3 is 1.27 bits per heavy atom. The number of carbonyl (C=O) groups excluding carboxylic acids is 2. The van der Waals surface area contributed by atoms with Crippen LogP contribution in [0.3, 0.4) is 0 Å². The summed E-state index contributed by atoms with van der Waals surface area (Å²) in [6, 6.07) is 8.17. The van der Waals surface area contributed by atoms with Crippen LogP contribution in [0, 0.1) is 0 Å². The first-order chi connectivity index (χ1) is 21.4. The minimum atomic E-state index is -0.416. The summed E-state index contributed by atoms with van der Waals surface area (Å²) in [6.45, 7) is 14.6. The highest BCUT2D eigenvalue weighted by Gasteiger charge is 2.23. The van der Waals surface area contributed by atoms with Gasteiger partial charge in [0.25, 0.3) is 0 Å². The molecule has 0 heterocycles. The first kappa shape index (κ1) is 35.0. The van der Waals surface area contributed by atoms with Crippen LogP contribution in [0.1, 0.15) is 37.8 Å². The summed E-state index contributed by atoms with van der Waals surface area (Å²) in [7, 11) is 0. The molecule has 1 aliphatic carbocycles. The summed E-state index contributed by atoms with van der Waals surface area (Å²) in [5.41, 5.74) is 3.15. The van der Waals surface area contributed by atoms with Gasteiger partial charge in [0, 0.05) is 33.0 Å². The summed E-state index contributed by atoms with van der Waals surface area (Å²) < 4.78 is 44.9. The van der Waals surface area contributed by atoms with Gasteiger partial charge in [0.15, 0.2) is 0 Å². The maximum Gasteiger partial charge on any atom is 0.333 e. The molecule has 0 fully saturated rings. The van der Waals surface area contributed by atoms with Gasteiger partial charge in [-0.05, 0) is 39.5 Å². The van der Waals surface area contributed by atoms with Gasteiger partial charge in [-0.2, -0.15) is 0 Å². The highest BCUT2D eigenvalue weighted by molar-refractivity contribution is 5.96. The zero-order valence-corrected chi connectivity index (χ0v) is 26.1. The van der Waals surface area contributed by atoms with Crippen LogP contribution in [0.5, 0.6) is 11.5 Å². The Labute approximate surface area is 260 Å². The Hall–Kier alpha value is -3.44. The summed E-state index contributed by atoms with van der Waals surface area (Å²) in [5.74, 6) is 0.982. The van der Waals surface area contributed by atoms with Crippen LogP contribution < -0.4 is 9.47 Å². The lowest BCUT2D eigenvalue weighted by molar-refractivity contribution is -0.141. The molecule has 242 valence electrons. The molecule has 0 aliphatic heterocycles. The van der Waals surface area contributed by atoms with Crippen molar-refractivity contribution in [2.24, 2.45) is 0 Å². The van der Waals surface area contributed by atoms with Gasteiger partial charge in [0.05, 0.1) is 52.9 Å². The Balaban J connectivity index is 1.42. The molecule has 0 bridgehead atoms. The quantitative estimate of drug-likeness (QED) is 0.104. The van der Waals surface area contributed by atoms with E-state index in [-0.39, 0.29) is 13.2 Å². The fraction of sp³-hybridized carbons (Fsp3) is 0.529. The smallest absolute Gasteiger partial charge is 0.333 e. The number of carbonyl (C=O) groups is 2. The lowest BCUT2D eigenvalue weighted by Gasteiger charge is -2.25. The molecule has 0 amide bonds. The van der Waals surface area contributed by atoms with E-state index in [2.05, 4.69) is 25.3 Å². The summed E-state index contributed by atoms with van der Waals surface area (Å²) in [6.07, 6.45) is 4.08. The van der Waals surface area contributed by atoms with Crippen molar-refractivity contribution in [3.8, 4) is 11.5 Å². The topological polar surface area (TPSA) is 108 Å². The number of hydrogen-bond acceptors (Lipinski definition) is 10. The third-order valence-electron chi connectivity index (χ3n) is 6.74. The molecule has 10 nitrogen and oxygen atoms in total. The predicted molar refractivity (Wildman–Crippen MR) is 166 cm³/mol. The van der Waals surface area contributed by atoms with Crippen LogP contribution in [0.2, 0.25) is 0 Å². The number of esters is 2. The van der Waals surface area contributed by atoms with Crippen LogP contribution in [0.15, 0.2) is 48.6 Å². The van der Waals surface area contributed by atoms with Crippen molar-refractivity contribution in [1.82, 2.24) is 0 Å². The second-order valence-electron chi connectivity index (χ2n) is 10.3. The molecule has 0 unspecified atom stereocenters. The highest BCUT2D eigenvalue weighted by Crippen LogP contribution is 2.44. The van der Waals surface area contributed by atoms with E-state index in [4.69, 9.17) is 37.9 Å². The lowest BCUT2D eigenvalue weighted by atomic mass is 9.87. The van der Waals surface area contributed by atoms with Crippen molar-refractivity contribution in [1.29, 1.82) is 0 Å². The van der Waals surface area contributed by atoms with E-state index in [1.54, 1.807) is 13.8 Å². The Morgan fingerprint density at radius 1 is 0.568 bits per heavy atom. The Bertz CT molecular complexity index is 1140. The van der Waals surface area contributed by atoms with E-state index >= 15 is 0 Å². The molecular weight excluding hydrogens is 568 g/mol. The maximum atomic E-state index is 11.4. The van der Waals surface area contributed by atoms with Crippen molar-refractivity contribution in [3.63, 3.8) is 0 Å². The molecule has 0 saturated carbocycles. The molecule has 0 spiro atoms. The molecule has 0 radical (unpaired) electrons. The van der Waals surface area contributed by atoms with E-state index in [0.29, 0.717) is 77.2 Å². The third kappa shape index (κ3) is 11.6. The summed E-state index contributed by atoms with van der Waals surface area (Å²) in [4.78, 5) is 22.7. The number of hydrogen-bond donors (Lipinski definition) is 0. The van der Waals surface area contributed by atoms with Gasteiger partial charge >= 0.3 is 11.9 Å². The van der Waals surface area contributed by atoms with Crippen LogP contribution in [0.25, 0.3) is 10.8 Å². The normalized spacial score (nSPS) is 12.4. The monoisotopic (exact) mass is 614 g/mol. The molecule has 0 saturated heterocycles. The lowest BCUT2D eigenvalue weighted by Crippen LogP contribution is -2.16. The van der Waals surface area contributed by atoms with E-state index in [0.717, 1.165) is 48.0 Å². The summed E-state index contributed by atoms with van der Waals surface area (Å²) in [5, 5.41) is 2.05. The molecule has 3 rings (SSSR count). The average Bonchev–Trinajstić information content (AvgIpc) is 3.02. The predicted octanol–water partition coefficient (Wildman–Crippen LogP) is 4.78. The van der Waals surface area contributed by atoms with Crippen LogP contribution in [0.4, 0.5) is 0 Å². The van der Waals surface area contributed by atoms with E-state index in [9.17, 15) is 9.59 Å². The number of benzene rings is 2. The van der Waals surface area contributed by atoms with Gasteiger partial charge in [-0.15, -0.1) is 0 Å². The summed E-state index contributed by atoms with van der Waals surface area (Å²) >= 11 is 0. The molecule has 1 aliphatic rings. The second kappa shape index (κ2) is 19.8.